The van der Waals surface area contributed by atoms with Crippen molar-refractivity contribution in [2.24, 2.45) is 0 Å². The summed E-state index contributed by atoms with van der Waals surface area (Å²) < 4.78 is 19.2. The summed E-state index contributed by atoms with van der Waals surface area (Å²) in [5.41, 5.74) is 2.26. The zero-order chi connectivity index (χ0) is 18.5. The topological polar surface area (TPSA) is 75.2 Å². The van der Waals surface area contributed by atoms with Crippen molar-refractivity contribution in [3.8, 4) is 0 Å². The van der Waals surface area contributed by atoms with Crippen LogP contribution in [-0.4, -0.2) is 41.5 Å². The van der Waals surface area contributed by atoms with E-state index in [1.54, 1.807) is 18.2 Å². The summed E-state index contributed by atoms with van der Waals surface area (Å²) in [6.07, 6.45) is 1.45. The maximum Gasteiger partial charge on any atom is 0.249 e. The Morgan fingerprint density at radius 3 is 2.48 bits per heavy atom. The van der Waals surface area contributed by atoms with Crippen molar-refractivity contribution in [1.82, 2.24) is 15.2 Å². The van der Waals surface area contributed by atoms with E-state index >= 15 is 0 Å². The van der Waals surface area contributed by atoms with Crippen LogP contribution in [0.1, 0.15) is 0 Å². The lowest BCUT2D eigenvalue weighted by Crippen LogP contribution is -2.36. The fraction of sp³-hybridized carbons (Fsp3) is 0.211. The van der Waals surface area contributed by atoms with E-state index in [4.69, 9.17) is 4.74 Å². The van der Waals surface area contributed by atoms with Gasteiger partial charge >= 0.3 is 0 Å². The summed E-state index contributed by atoms with van der Waals surface area (Å²) in [4.78, 5) is 6.64. The van der Waals surface area contributed by atoms with E-state index in [0.29, 0.717) is 30.7 Å². The van der Waals surface area contributed by atoms with Crippen molar-refractivity contribution in [1.29, 1.82) is 0 Å². The monoisotopic (exact) mass is 366 g/mol. The van der Waals surface area contributed by atoms with Crippen LogP contribution in [0.5, 0.6) is 0 Å². The fourth-order valence-electron chi connectivity index (χ4n) is 2.90. The molecule has 0 spiro atoms. The molecule has 0 aliphatic carbocycles. The summed E-state index contributed by atoms with van der Waals surface area (Å²) in [5.74, 6) is 0.377. The first-order valence-electron chi connectivity index (χ1n) is 8.69. The second-order valence-electron chi connectivity index (χ2n) is 6.01. The van der Waals surface area contributed by atoms with Crippen molar-refractivity contribution in [2.75, 3.05) is 41.8 Å². The summed E-state index contributed by atoms with van der Waals surface area (Å²) in [7, 11) is 0. The van der Waals surface area contributed by atoms with E-state index in [0.717, 1.165) is 24.5 Å². The summed E-state index contributed by atoms with van der Waals surface area (Å²) in [6, 6.07) is 14.3. The van der Waals surface area contributed by atoms with Gasteiger partial charge in [-0.15, -0.1) is 5.10 Å². The van der Waals surface area contributed by atoms with Gasteiger partial charge in [-0.1, -0.05) is 24.3 Å². The zero-order valence-electron chi connectivity index (χ0n) is 14.6. The van der Waals surface area contributed by atoms with Gasteiger partial charge < -0.3 is 20.3 Å². The van der Waals surface area contributed by atoms with Crippen LogP contribution >= 0.6 is 0 Å². The molecule has 2 heterocycles. The number of hydrogen-bond donors (Lipinski definition) is 2. The molecule has 1 aliphatic rings. The van der Waals surface area contributed by atoms with Crippen LogP contribution < -0.4 is 15.5 Å². The normalized spacial score (nSPS) is 14.0. The zero-order valence-corrected chi connectivity index (χ0v) is 14.6. The Labute approximate surface area is 156 Å². The minimum atomic E-state index is -0.358. The van der Waals surface area contributed by atoms with E-state index in [9.17, 15) is 4.39 Å². The Balaban J connectivity index is 1.54. The lowest BCUT2D eigenvalue weighted by Gasteiger charge is -2.30. The van der Waals surface area contributed by atoms with E-state index in [2.05, 4.69) is 30.7 Å². The van der Waals surface area contributed by atoms with Crippen LogP contribution in [0.25, 0.3) is 0 Å². The van der Waals surface area contributed by atoms with Gasteiger partial charge in [0.1, 0.15) is 5.82 Å². The molecule has 0 unspecified atom stereocenters. The largest absolute Gasteiger partial charge is 0.378 e. The molecule has 0 atom stereocenters. The molecule has 138 valence electrons. The first-order chi connectivity index (χ1) is 13.3. The van der Waals surface area contributed by atoms with Crippen LogP contribution in [0.4, 0.5) is 33.2 Å². The number of rotatable bonds is 5. The third-order valence-corrected chi connectivity index (χ3v) is 4.20. The standard InChI is InChI=1S/C19H19FN6O/c20-14-5-1-2-6-15(14)22-18-13-21-25-19(24-18)23-16-7-3-4-8-17(16)26-9-11-27-12-10-26/h1-8,13H,9-12H2,(H2,22,23,24,25). The van der Waals surface area contributed by atoms with Crippen molar-refractivity contribution in [3.05, 3.63) is 60.5 Å². The molecule has 1 aromatic heterocycles. The molecule has 3 aromatic rings. The van der Waals surface area contributed by atoms with Gasteiger partial charge in [-0.2, -0.15) is 10.1 Å². The molecule has 4 rings (SSSR count). The SMILES string of the molecule is Fc1ccccc1Nc1cnnc(Nc2ccccc2N2CCOCC2)n1. The molecule has 1 fully saturated rings. The molecule has 0 amide bonds. The van der Waals surface area contributed by atoms with Crippen LogP contribution in [0.15, 0.2) is 54.7 Å². The number of nitrogens with zero attached hydrogens (tertiary/aromatic N) is 4. The average Bonchev–Trinajstić information content (AvgIpc) is 2.71. The molecule has 1 saturated heterocycles. The predicted molar refractivity (Wildman–Crippen MR) is 102 cm³/mol. The second-order valence-corrected chi connectivity index (χ2v) is 6.01. The van der Waals surface area contributed by atoms with Crippen LogP contribution in [0, 0.1) is 5.82 Å². The molecule has 0 bridgehead atoms. The van der Waals surface area contributed by atoms with Gasteiger partial charge in [0.2, 0.25) is 5.95 Å². The Hall–Kier alpha value is -3.26. The summed E-state index contributed by atoms with van der Waals surface area (Å²) in [6.45, 7) is 3.06. The van der Waals surface area contributed by atoms with Crippen molar-refractivity contribution < 1.29 is 9.13 Å². The highest BCUT2D eigenvalue weighted by atomic mass is 19.1. The quantitative estimate of drug-likeness (QED) is 0.717. The molecular weight excluding hydrogens is 347 g/mol. The van der Waals surface area contributed by atoms with E-state index in [1.807, 2.05) is 24.3 Å². The number of para-hydroxylation sites is 3. The minimum Gasteiger partial charge on any atom is -0.378 e. The fourth-order valence-corrected chi connectivity index (χ4v) is 2.90. The van der Waals surface area contributed by atoms with Gasteiger partial charge in [0, 0.05) is 13.1 Å². The maximum atomic E-state index is 13.8. The highest BCUT2D eigenvalue weighted by Gasteiger charge is 2.15. The smallest absolute Gasteiger partial charge is 0.249 e. The number of morpholine rings is 1. The summed E-state index contributed by atoms with van der Waals surface area (Å²) in [5, 5.41) is 14.1. The number of hydrogen-bond acceptors (Lipinski definition) is 7. The number of anilines is 5. The Bertz CT molecular complexity index is 916. The lowest BCUT2D eigenvalue weighted by molar-refractivity contribution is 0.123. The Morgan fingerprint density at radius 1 is 0.926 bits per heavy atom. The molecule has 0 radical (unpaired) electrons. The van der Waals surface area contributed by atoms with Gasteiger partial charge in [-0.25, -0.2) is 4.39 Å². The van der Waals surface area contributed by atoms with Crippen molar-refractivity contribution in [3.63, 3.8) is 0 Å². The Morgan fingerprint density at radius 2 is 1.67 bits per heavy atom. The van der Waals surface area contributed by atoms with Gasteiger partial charge in [-0.3, -0.25) is 0 Å². The molecule has 27 heavy (non-hydrogen) atoms. The Kier molecular flexibility index (Phi) is 5.06. The van der Waals surface area contributed by atoms with E-state index < -0.39 is 0 Å². The number of aromatic nitrogens is 3. The van der Waals surface area contributed by atoms with Crippen LogP contribution in [0.3, 0.4) is 0 Å². The number of nitrogens with one attached hydrogen (secondary N) is 2. The van der Waals surface area contributed by atoms with Gasteiger partial charge in [0.25, 0.3) is 0 Å². The van der Waals surface area contributed by atoms with Gasteiger partial charge in [-0.05, 0) is 24.3 Å². The van der Waals surface area contributed by atoms with Gasteiger partial charge in [0.15, 0.2) is 5.82 Å². The maximum absolute atomic E-state index is 13.8. The summed E-state index contributed by atoms with van der Waals surface area (Å²) >= 11 is 0. The third-order valence-electron chi connectivity index (χ3n) is 4.20. The van der Waals surface area contributed by atoms with Crippen LogP contribution in [-0.2, 0) is 4.74 Å². The second kappa shape index (κ2) is 7.96. The highest BCUT2D eigenvalue weighted by Crippen LogP contribution is 2.28. The van der Waals surface area contributed by atoms with Crippen molar-refractivity contribution in [2.45, 2.75) is 0 Å². The molecule has 1 aliphatic heterocycles. The molecule has 8 heteroatoms. The minimum absolute atomic E-state index is 0.331. The average molecular weight is 366 g/mol. The molecular formula is C19H19FN6O. The first-order valence-corrected chi connectivity index (χ1v) is 8.69. The van der Waals surface area contributed by atoms with E-state index in [-0.39, 0.29) is 5.82 Å². The number of halogens is 1. The highest BCUT2D eigenvalue weighted by molar-refractivity contribution is 5.73. The van der Waals surface area contributed by atoms with E-state index in [1.165, 1.54) is 12.3 Å². The van der Waals surface area contributed by atoms with Gasteiger partial charge in [0.05, 0.1) is 36.5 Å². The number of benzene rings is 2. The molecule has 2 aromatic carbocycles. The first kappa shape index (κ1) is 17.2. The molecule has 0 saturated carbocycles. The van der Waals surface area contributed by atoms with Crippen LogP contribution in [0.2, 0.25) is 0 Å². The predicted octanol–water partition coefficient (Wildman–Crippen LogP) is 3.33. The number of ether oxygens (including phenoxy) is 1. The molecule has 7 nitrogen and oxygen atoms in total. The third kappa shape index (κ3) is 4.12. The van der Waals surface area contributed by atoms with Crippen molar-refractivity contribution >= 4 is 28.8 Å². The molecule has 2 N–H and O–H groups in total. The lowest BCUT2D eigenvalue weighted by atomic mass is 10.2.